The van der Waals surface area contributed by atoms with Gasteiger partial charge in [0, 0.05) is 0 Å². The molecule has 1 heteroatoms. The van der Waals surface area contributed by atoms with Crippen molar-refractivity contribution in [2.75, 3.05) is 0 Å². The summed E-state index contributed by atoms with van der Waals surface area (Å²) in [6, 6.07) is 6.71. The summed E-state index contributed by atoms with van der Waals surface area (Å²) in [6.45, 7) is 4.05. The van der Waals surface area contributed by atoms with Gasteiger partial charge in [-0.15, -0.1) is 0 Å². The largest absolute Gasteiger partial charge is 0.207 e. The molecule has 0 aliphatic rings. The first-order chi connectivity index (χ1) is 5.77. The maximum atomic E-state index is 12.8. The Bertz CT molecular complexity index is 287. The van der Waals surface area contributed by atoms with Gasteiger partial charge in [-0.2, -0.15) is 0 Å². The Morgan fingerprint density at radius 3 is 2.75 bits per heavy atom. The Hall–Kier alpha value is -1.11. The molecular weight excluding hydrogens is 151 g/mol. The Morgan fingerprint density at radius 1 is 1.50 bits per heavy atom. The fourth-order valence-electron chi connectivity index (χ4n) is 1.26. The van der Waals surface area contributed by atoms with Crippen LogP contribution in [-0.2, 0) is 0 Å². The van der Waals surface area contributed by atoms with E-state index >= 15 is 0 Å². The van der Waals surface area contributed by atoms with E-state index < -0.39 is 0 Å². The molecule has 0 fully saturated rings. The maximum Gasteiger partial charge on any atom is 0.123 e. The van der Waals surface area contributed by atoms with Crippen molar-refractivity contribution in [3.63, 3.8) is 0 Å². The fraction of sp³-hybridized carbons (Fsp3) is 0.273. The molecule has 0 unspecified atom stereocenters. The molecule has 1 rings (SSSR count). The van der Waals surface area contributed by atoms with Crippen LogP contribution in [0.2, 0.25) is 0 Å². The third-order valence-electron chi connectivity index (χ3n) is 1.92. The SMILES string of the molecule is C/C=C(\CC)c1cccc(F)c1. The minimum atomic E-state index is -0.166. The van der Waals surface area contributed by atoms with Crippen LogP contribution in [0.15, 0.2) is 30.3 Å². The Balaban J connectivity index is 3.02. The average Bonchev–Trinajstić information content (AvgIpc) is 2.07. The molecular formula is C11H13F. The summed E-state index contributed by atoms with van der Waals surface area (Å²) in [5.41, 5.74) is 2.18. The number of hydrogen-bond acceptors (Lipinski definition) is 0. The summed E-state index contributed by atoms with van der Waals surface area (Å²) in [7, 11) is 0. The van der Waals surface area contributed by atoms with Gasteiger partial charge in [-0.05, 0) is 36.6 Å². The van der Waals surface area contributed by atoms with Crippen LogP contribution in [0.1, 0.15) is 25.8 Å². The molecule has 1 aromatic rings. The van der Waals surface area contributed by atoms with Crippen molar-refractivity contribution in [3.05, 3.63) is 41.7 Å². The van der Waals surface area contributed by atoms with Crippen LogP contribution in [0.3, 0.4) is 0 Å². The number of hydrogen-bond donors (Lipinski definition) is 0. The molecule has 0 atom stereocenters. The summed E-state index contributed by atoms with van der Waals surface area (Å²) in [4.78, 5) is 0. The van der Waals surface area contributed by atoms with Gasteiger partial charge in [-0.1, -0.05) is 25.1 Å². The molecule has 0 aliphatic heterocycles. The molecule has 0 nitrogen and oxygen atoms in total. The molecule has 0 saturated carbocycles. The minimum Gasteiger partial charge on any atom is -0.207 e. The van der Waals surface area contributed by atoms with E-state index in [0.29, 0.717) is 0 Å². The van der Waals surface area contributed by atoms with Gasteiger partial charge in [0.15, 0.2) is 0 Å². The van der Waals surface area contributed by atoms with Crippen LogP contribution in [0.4, 0.5) is 4.39 Å². The quantitative estimate of drug-likeness (QED) is 0.626. The predicted octanol–water partition coefficient (Wildman–Crippen LogP) is 3.64. The zero-order valence-electron chi connectivity index (χ0n) is 7.47. The van der Waals surface area contributed by atoms with E-state index in [1.807, 2.05) is 19.1 Å². The van der Waals surface area contributed by atoms with E-state index in [-0.39, 0.29) is 5.82 Å². The minimum absolute atomic E-state index is 0.166. The molecule has 12 heavy (non-hydrogen) atoms. The Kier molecular flexibility index (Phi) is 3.03. The van der Waals surface area contributed by atoms with E-state index in [9.17, 15) is 4.39 Å². The lowest BCUT2D eigenvalue weighted by Gasteiger charge is -2.02. The highest BCUT2D eigenvalue weighted by atomic mass is 19.1. The van der Waals surface area contributed by atoms with Crippen molar-refractivity contribution in [1.29, 1.82) is 0 Å². The first-order valence-corrected chi connectivity index (χ1v) is 4.19. The van der Waals surface area contributed by atoms with Crippen LogP contribution in [0.25, 0.3) is 5.57 Å². The standard InChI is InChI=1S/C11H13F/c1-3-9(4-2)10-6-5-7-11(12)8-10/h3,5-8H,4H2,1-2H3/b9-3+. The van der Waals surface area contributed by atoms with Crippen LogP contribution < -0.4 is 0 Å². The molecule has 0 radical (unpaired) electrons. The summed E-state index contributed by atoms with van der Waals surface area (Å²) < 4.78 is 12.8. The van der Waals surface area contributed by atoms with E-state index in [1.165, 1.54) is 11.6 Å². The number of rotatable bonds is 2. The lowest BCUT2D eigenvalue weighted by molar-refractivity contribution is 0.627. The van der Waals surface area contributed by atoms with Gasteiger partial charge >= 0.3 is 0 Å². The molecule has 0 aliphatic carbocycles. The molecule has 0 N–H and O–H groups in total. The van der Waals surface area contributed by atoms with Gasteiger partial charge in [-0.3, -0.25) is 0 Å². The van der Waals surface area contributed by atoms with Gasteiger partial charge in [0.1, 0.15) is 5.82 Å². The molecule has 0 heterocycles. The smallest absolute Gasteiger partial charge is 0.123 e. The van der Waals surface area contributed by atoms with E-state index in [1.54, 1.807) is 12.1 Å². The van der Waals surface area contributed by atoms with Gasteiger partial charge in [0.05, 0.1) is 0 Å². The highest BCUT2D eigenvalue weighted by Gasteiger charge is 1.98. The van der Waals surface area contributed by atoms with Crippen molar-refractivity contribution in [2.24, 2.45) is 0 Å². The summed E-state index contributed by atoms with van der Waals surface area (Å²) >= 11 is 0. The second-order valence-corrected chi connectivity index (χ2v) is 2.68. The number of benzene rings is 1. The first-order valence-electron chi connectivity index (χ1n) is 4.19. The molecule has 0 amide bonds. The Morgan fingerprint density at radius 2 is 2.25 bits per heavy atom. The fourth-order valence-corrected chi connectivity index (χ4v) is 1.26. The van der Waals surface area contributed by atoms with Crippen molar-refractivity contribution < 1.29 is 4.39 Å². The van der Waals surface area contributed by atoms with Crippen molar-refractivity contribution >= 4 is 5.57 Å². The van der Waals surface area contributed by atoms with E-state index in [4.69, 9.17) is 0 Å². The highest BCUT2D eigenvalue weighted by Crippen LogP contribution is 2.17. The zero-order valence-corrected chi connectivity index (χ0v) is 7.47. The van der Waals surface area contributed by atoms with Crippen LogP contribution in [0, 0.1) is 5.82 Å². The van der Waals surface area contributed by atoms with Crippen molar-refractivity contribution in [3.8, 4) is 0 Å². The molecule has 0 saturated heterocycles. The summed E-state index contributed by atoms with van der Waals surface area (Å²) in [5.74, 6) is -0.166. The average molecular weight is 164 g/mol. The summed E-state index contributed by atoms with van der Waals surface area (Å²) in [6.07, 6.45) is 2.97. The maximum absolute atomic E-state index is 12.8. The van der Waals surface area contributed by atoms with Gasteiger partial charge in [0.2, 0.25) is 0 Å². The molecule has 0 aromatic heterocycles. The van der Waals surface area contributed by atoms with Crippen LogP contribution >= 0.6 is 0 Å². The van der Waals surface area contributed by atoms with Crippen molar-refractivity contribution in [2.45, 2.75) is 20.3 Å². The van der Waals surface area contributed by atoms with Gasteiger partial charge in [0.25, 0.3) is 0 Å². The second kappa shape index (κ2) is 4.05. The number of halogens is 1. The monoisotopic (exact) mass is 164 g/mol. The molecule has 64 valence electrons. The Labute approximate surface area is 72.7 Å². The molecule has 0 spiro atoms. The first kappa shape index (κ1) is 8.98. The highest BCUT2D eigenvalue weighted by molar-refractivity contribution is 5.64. The van der Waals surface area contributed by atoms with Crippen LogP contribution in [-0.4, -0.2) is 0 Å². The third-order valence-corrected chi connectivity index (χ3v) is 1.92. The molecule has 1 aromatic carbocycles. The zero-order chi connectivity index (χ0) is 8.97. The molecule has 0 bridgehead atoms. The summed E-state index contributed by atoms with van der Waals surface area (Å²) in [5, 5.41) is 0. The van der Waals surface area contributed by atoms with E-state index in [2.05, 4.69) is 6.92 Å². The number of allylic oxidation sites excluding steroid dienone is 2. The lowest BCUT2D eigenvalue weighted by atomic mass is 10.0. The van der Waals surface area contributed by atoms with Crippen molar-refractivity contribution in [1.82, 2.24) is 0 Å². The second-order valence-electron chi connectivity index (χ2n) is 2.68. The predicted molar refractivity (Wildman–Crippen MR) is 50.3 cm³/mol. The van der Waals surface area contributed by atoms with Crippen LogP contribution in [0.5, 0.6) is 0 Å². The van der Waals surface area contributed by atoms with E-state index in [0.717, 1.165) is 12.0 Å². The third kappa shape index (κ3) is 1.94. The lowest BCUT2D eigenvalue weighted by Crippen LogP contribution is -1.83. The van der Waals surface area contributed by atoms with Gasteiger partial charge in [-0.25, -0.2) is 4.39 Å². The topological polar surface area (TPSA) is 0 Å². The normalized spacial score (nSPS) is 11.8. The van der Waals surface area contributed by atoms with Gasteiger partial charge < -0.3 is 0 Å².